The van der Waals surface area contributed by atoms with Gasteiger partial charge < -0.3 is 90.1 Å². The Morgan fingerprint density at radius 3 is 1.07 bits per heavy atom. The van der Waals surface area contributed by atoms with Crippen LogP contribution in [0, 0.1) is 0 Å². The summed E-state index contributed by atoms with van der Waals surface area (Å²) in [4.78, 5) is 52.8. The fraction of sp³-hybridized carbons (Fsp3) is 0.176. The first-order valence-electron chi connectivity index (χ1n) is 15.4. The summed E-state index contributed by atoms with van der Waals surface area (Å²) in [5.41, 5.74) is -2.62. The third-order valence-electron chi connectivity index (χ3n) is 7.92. The third-order valence-corrected chi connectivity index (χ3v) is 7.92. The van der Waals surface area contributed by atoms with Gasteiger partial charge in [-0.1, -0.05) is 0 Å². The molecule has 1 aliphatic rings. The molecule has 0 bridgehead atoms. The highest BCUT2D eigenvalue weighted by atomic mass is 16.7. The second-order valence-electron chi connectivity index (χ2n) is 11.7. The number of aliphatic hydroxyl groups excluding tert-OH is 1. The van der Waals surface area contributed by atoms with E-state index in [1.165, 1.54) is 0 Å². The van der Waals surface area contributed by atoms with Crippen molar-refractivity contribution >= 4 is 23.9 Å². The molecule has 0 aromatic heterocycles. The Labute approximate surface area is 310 Å². The van der Waals surface area contributed by atoms with Crippen LogP contribution < -0.4 is 0 Å². The van der Waals surface area contributed by atoms with E-state index in [4.69, 9.17) is 23.7 Å². The van der Waals surface area contributed by atoms with Gasteiger partial charge in [-0.05, 0) is 48.5 Å². The molecule has 1 saturated heterocycles. The first-order valence-corrected chi connectivity index (χ1v) is 15.4. The molecule has 1 aliphatic heterocycles. The van der Waals surface area contributed by atoms with Crippen LogP contribution in [0.5, 0.6) is 69.0 Å². The number of benzene rings is 4. The van der Waals surface area contributed by atoms with Crippen LogP contribution in [-0.4, -0.2) is 128 Å². The van der Waals surface area contributed by atoms with Crippen LogP contribution >= 0.6 is 0 Å². The van der Waals surface area contributed by atoms with E-state index >= 15 is 0 Å². The molecule has 0 saturated carbocycles. The van der Waals surface area contributed by atoms with Crippen molar-refractivity contribution in [3.05, 3.63) is 70.8 Å². The fourth-order valence-corrected chi connectivity index (χ4v) is 5.09. The molecule has 5 rings (SSSR count). The summed E-state index contributed by atoms with van der Waals surface area (Å²) < 4.78 is 26.7. The Balaban J connectivity index is 1.56. The van der Waals surface area contributed by atoms with Crippen LogP contribution in [0.1, 0.15) is 41.4 Å². The molecule has 13 N–H and O–H groups in total. The predicted octanol–water partition coefficient (Wildman–Crippen LogP) is 0.705. The second kappa shape index (κ2) is 15.3. The zero-order chi connectivity index (χ0) is 41.3. The van der Waals surface area contributed by atoms with Crippen LogP contribution in [0.3, 0.4) is 0 Å². The lowest BCUT2D eigenvalue weighted by Crippen LogP contribution is -2.62. The van der Waals surface area contributed by atoms with Crippen molar-refractivity contribution in [1.29, 1.82) is 0 Å². The average molecular weight is 789 g/mol. The summed E-state index contributed by atoms with van der Waals surface area (Å²) in [6, 6.07) is 5.04. The highest BCUT2D eigenvalue weighted by Gasteiger charge is 2.52. The molecule has 22 nitrogen and oxygen atoms in total. The van der Waals surface area contributed by atoms with Crippen LogP contribution in [0.4, 0.5) is 0 Å². The molecule has 1 heterocycles. The van der Waals surface area contributed by atoms with E-state index in [0.29, 0.717) is 48.5 Å². The summed E-state index contributed by atoms with van der Waals surface area (Å²) in [7, 11) is 0. The van der Waals surface area contributed by atoms with Crippen molar-refractivity contribution in [2.75, 3.05) is 6.61 Å². The van der Waals surface area contributed by atoms with Crippen molar-refractivity contribution in [2.45, 2.75) is 30.7 Å². The number of carbonyl (C=O) groups excluding carboxylic acids is 4. The lowest BCUT2D eigenvalue weighted by Gasteiger charge is -2.42. The van der Waals surface area contributed by atoms with Crippen LogP contribution in [-0.2, 0) is 23.7 Å². The molecule has 0 radical (unpaired) electrons. The molecule has 0 spiro atoms. The molecular formula is C34H28O22. The molecular weight excluding hydrogens is 760 g/mol. The van der Waals surface area contributed by atoms with Gasteiger partial charge in [0.25, 0.3) is 0 Å². The minimum absolute atomic E-state index is 0.581. The number of phenols is 12. The Kier molecular flexibility index (Phi) is 10.8. The molecule has 1 fully saturated rings. The normalized spacial score (nSPS) is 19.1. The van der Waals surface area contributed by atoms with E-state index in [1.807, 2.05) is 0 Å². The van der Waals surface area contributed by atoms with Gasteiger partial charge in [-0.3, -0.25) is 0 Å². The van der Waals surface area contributed by atoms with Gasteiger partial charge in [0, 0.05) is 0 Å². The lowest BCUT2D eigenvalue weighted by molar-refractivity contribution is -0.283. The van der Waals surface area contributed by atoms with Crippen molar-refractivity contribution < 1.29 is 109 Å². The molecule has 5 atom stereocenters. The summed E-state index contributed by atoms with van der Waals surface area (Å²) in [6.45, 7) is -1.11. The van der Waals surface area contributed by atoms with E-state index < -0.39 is 152 Å². The number of esters is 4. The van der Waals surface area contributed by atoms with Gasteiger partial charge >= 0.3 is 23.9 Å². The standard InChI is InChI=1S/C34H28O22/c35-14-1-10(2-15(36)23(14)43)30(48)52-9-22-28(54-31(49)11-3-16(37)24(44)17(38)4-11)29(55-32(50)12-5-18(39)25(45)19(40)6-12)27(47)34(53-22)56-33(51)13-7-20(41)26(46)21(42)8-13/h1-8,22,27-29,34-47H,9H2/t22-,27-,28-,29-,34+/m1/s1. The third kappa shape index (κ3) is 7.95. The maximum absolute atomic E-state index is 13.4. The average Bonchev–Trinajstić information content (AvgIpc) is 3.14. The lowest BCUT2D eigenvalue weighted by atomic mass is 9.98. The Hall–Kier alpha value is -7.72. The molecule has 4 aromatic rings. The minimum atomic E-state index is -2.42. The van der Waals surface area contributed by atoms with Crippen molar-refractivity contribution in [3.8, 4) is 69.0 Å². The SMILES string of the molecule is O=C(OC[C@H]1O[C@@H](OC(=O)c2cc(O)c(O)c(O)c2)[C@H](O)[C@@H](OC(=O)c2cc(O)c(O)c(O)c2)[C@@H]1OC(=O)c1cc(O)c(O)c(O)c1)c1cc(O)c(O)c(O)c1. The topological polar surface area (TPSA) is 377 Å². The van der Waals surface area contributed by atoms with E-state index in [2.05, 4.69) is 0 Å². The quantitative estimate of drug-likeness (QED) is 0.0630. The minimum Gasteiger partial charge on any atom is -0.504 e. The maximum Gasteiger partial charge on any atom is 0.340 e. The summed E-state index contributed by atoms with van der Waals surface area (Å²) in [5, 5.41) is 129. The van der Waals surface area contributed by atoms with Crippen molar-refractivity contribution in [1.82, 2.24) is 0 Å². The van der Waals surface area contributed by atoms with Gasteiger partial charge in [0.2, 0.25) is 6.29 Å². The van der Waals surface area contributed by atoms with Crippen molar-refractivity contribution in [3.63, 3.8) is 0 Å². The van der Waals surface area contributed by atoms with Gasteiger partial charge in [0.05, 0.1) is 22.3 Å². The molecule has 0 aliphatic carbocycles. The zero-order valence-corrected chi connectivity index (χ0v) is 27.7. The van der Waals surface area contributed by atoms with Crippen LogP contribution in [0.2, 0.25) is 0 Å². The molecule has 296 valence electrons. The predicted molar refractivity (Wildman–Crippen MR) is 175 cm³/mol. The van der Waals surface area contributed by atoms with Crippen molar-refractivity contribution in [2.24, 2.45) is 0 Å². The van der Waals surface area contributed by atoms with Crippen LogP contribution in [0.15, 0.2) is 48.5 Å². The molecule has 56 heavy (non-hydrogen) atoms. The smallest absolute Gasteiger partial charge is 0.340 e. The highest BCUT2D eigenvalue weighted by Crippen LogP contribution is 2.40. The van der Waals surface area contributed by atoms with E-state index in [0.717, 1.165) is 0 Å². The Morgan fingerprint density at radius 1 is 0.446 bits per heavy atom. The summed E-state index contributed by atoms with van der Waals surface area (Å²) >= 11 is 0. The fourth-order valence-electron chi connectivity index (χ4n) is 5.09. The number of rotatable bonds is 9. The largest absolute Gasteiger partial charge is 0.504 e. The van der Waals surface area contributed by atoms with E-state index in [-0.39, 0.29) is 0 Å². The number of hydrogen-bond donors (Lipinski definition) is 13. The number of aliphatic hydroxyl groups is 1. The molecule has 4 aromatic carbocycles. The second-order valence-corrected chi connectivity index (χ2v) is 11.7. The molecule has 22 heteroatoms. The number of phenolic OH excluding ortho intramolecular Hbond substituents is 12. The van der Waals surface area contributed by atoms with E-state index in [9.17, 15) is 85.6 Å². The number of aromatic hydroxyl groups is 12. The summed E-state index contributed by atoms with van der Waals surface area (Å²) in [6.07, 6.45) is -11.2. The maximum atomic E-state index is 13.4. The van der Waals surface area contributed by atoms with Gasteiger partial charge in [-0.15, -0.1) is 0 Å². The number of hydrogen-bond acceptors (Lipinski definition) is 22. The monoisotopic (exact) mass is 788 g/mol. The Bertz CT molecular complexity index is 2070. The van der Waals surface area contributed by atoms with Crippen LogP contribution in [0.25, 0.3) is 0 Å². The molecule has 0 amide bonds. The van der Waals surface area contributed by atoms with Gasteiger partial charge in [-0.2, -0.15) is 0 Å². The highest BCUT2D eigenvalue weighted by molar-refractivity contribution is 5.93. The molecule has 0 unspecified atom stereocenters. The first-order chi connectivity index (χ1) is 26.3. The first kappa shape index (κ1) is 39.5. The number of ether oxygens (including phenoxy) is 5. The Morgan fingerprint density at radius 2 is 0.732 bits per heavy atom. The van der Waals surface area contributed by atoms with Gasteiger partial charge in [0.15, 0.2) is 87.3 Å². The van der Waals surface area contributed by atoms with Gasteiger partial charge in [0.1, 0.15) is 12.7 Å². The summed E-state index contributed by atoms with van der Waals surface area (Å²) in [5.74, 6) is -18.0. The van der Waals surface area contributed by atoms with E-state index in [1.54, 1.807) is 0 Å². The van der Waals surface area contributed by atoms with Gasteiger partial charge in [-0.25, -0.2) is 19.2 Å². The zero-order valence-electron chi connectivity index (χ0n) is 27.7. The number of carbonyl (C=O) groups is 4.